The molecule has 0 amide bonds. The number of benzene rings is 2. The summed E-state index contributed by atoms with van der Waals surface area (Å²) in [5, 5.41) is 45.6. The molecule has 45 heavy (non-hydrogen) atoms. The fourth-order valence-corrected chi connectivity index (χ4v) is 6.96. The Bertz CT molecular complexity index is 1540. The number of methoxy groups -OCH3 is 1. The fourth-order valence-electron chi connectivity index (χ4n) is 6.96. The lowest BCUT2D eigenvalue weighted by Crippen LogP contribution is -2.54. The zero-order valence-corrected chi connectivity index (χ0v) is 25.5. The molecule has 0 radical (unpaired) electrons. The summed E-state index contributed by atoms with van der Waals surface area (Å²) < 4.78 is 17.4. The van der Waals surface area contributed by atoms with E-state index >= 15 is 0 Å². The molecular formula is C32H39N3O10. The third-order valence-electron chi connectivity index (χ3n) is 9.62. The highest BCUT2D eigenvalue weighted by molar-refractivity contribution is 6.31. The zero-order chi connectivity index (χ0) is 32.4. The third kappa shape index (κ3) is 5.31. The van der Waals surface area contributed by atoms with Crippen LogP contribution in [-0.2, 0) is 20.7 Å². The summed E-state index contributed by atoms with van der Waals surface area (Å²) in [6.07, 6.45) is -4.61. The van der Waals surface area contributed by atoms with E-state index in [9.17, 15) is 34.8 Å². The molecule has 2 aromatic carbocycles. The summed E-state index contributed by atoms with van der Waals surface area (Å²) in [4.78, 5) is 45.5. The van der Waals surface area contributed by atoms with E-state index < -0.39 is 82.6 Å². The number of ketones is 3. The molecule has 0 bridgehead atoms. The van der Waals surface area contributed by atoms with E-state index in [2.05, 4.69) is 4.90 Å². The van der Waals surface area contributed by atoms with E-state index in [1.807, 2.05) is 11.9 Å². The Morgan fingerprint density at radius 3 is 2.44 bits per heavy atom. The molecule has 0 saturated carbocycles. The van der Waals surface area contributed by atoms with Gasteiger partial charge in [-0.2, -0.15) is 0 Å². The maximum atomic E-state index is 13.9. The number of carbonyl (C=O) groups excluding carboxylic acids is 3. The number of aliphatic hydroxyl groups is 2. The monoisotopic (exact) mass is 625 g/mol. The van der Waals surface area contributed by atoms with Gasteiger partial charge in [0, 0.05) is 68.2 Å². The standard InChI is InChI=1S/C32H39N3O10/c1-15-27(37)18(33)11-22(44-15)45-20-13-32(42,21(36)14-35-9-7-34(2)8-10-35)12-17-24(20)31(41)26-25(29(17)39)28(38)16-5-4-6-19(43-3)23(16)30(26)40/h4-6,15,18,20,22,27,37,39,41-42H,7-14,33H2,1-3H3. The molecule has 4 aliphatic rings. The van der Waals surface area contributed by atoms with Crippen LogP contribution in [0.4, 0.5) is 0 Å². The number of ether oxygens (including phenoxy) is 3. The molecular weight excluding hydrogens is 586 g/mol. The van der Waals surface area contributed by atoms with Crippen molar-refractivity contribution in [2.24, 2.45) is 5.73 Å². The molecule has 2 aromatic rings. The number of aromatic hydroxyl groups is 2. The number of aliphatic hydroxyl groups excluding tert-OH is 1. The van der Waals surface area contributed by atoms with Crippen LogP contribution in [0, 0.1) is 0 Å². The molecule has 6 N–H and O–H groups in total. The normalized spacial score (nSPS) is 30.4. The van der Waals surface area contributed by atoms with E-state index in [0.29, 0.717) is 13.1 Å². The number of fused-ring (bicyclic) bond motifs is 3. The quantitative estimate of drug-likeness (QED) is 0.235. The molecule has 6 unspecified atom stereocenters. The lowest BCUT2D eigenvalue weighted by molar-refractivity contribution is -0.247. The summed E-state index contributed by atoms with van der Waals surface area (Å²) in [7, 11) is 3.34. The second-order valence-corrected chi connectivity index (χ2v) is 12.6. The van der Waals surface area contributed by atoms with Gasteiger partial charge < -0.3 is 45.3 Å². The number of Topliss-reactive ketones (excluding diaryl/α,β-unsaturated/α-hetero) is 1. The number of phenolic OH excluding ortho intramolecular Hbond substituents is 2. The maximum absolute atomic E-state index is 13.9. The lowest BCUT2D eigenvalue weighted by Gasteiger charge is -2.43. The molecule has 2 aliphatic heterocycles. The minimum absolute atomic E-state index is 0.0105. The van der Waals surface area contributed by atoms with Crippen LogP contribution in [0.5, 0.6) is 17.2 Å². The smallest absolute Gasteiger partial charge is 0.202 e. The number of likely N-dealkylation sites (N-methyl/N-ethyl adjacent to an activating group) is 1. The predicted octanol–water partition coefficient (Wildman–Crippen LogP) is 0.256. The van der Waals surface area contributed by atoms with Crippen molar-refractivity contribution in [3.8, 4) is 17.2 Å². The van der Waals surface area contributed by atoms with Crippen molar-refractivity contribution in [2.45, 2.75) is 62.4 Å². The van der Waals surface area contributed by atoms with Crippen molar-refractivity contribution in [1.29, 1.82) is 0 Å². The number of hydrogen-bond acceptors (Lipinski definition) is 13. The van der Waals surface area contributed by atoms with E-state index in [4.69, 9.17) is 19.9 Å². The Morgan fingerprint density at radius 2 is 1.78 bits per heavy atom. The highest BCUT2D eigenvalue weighted by Crippen LogP contribution is 2.52. The molecule has 2 fully saturated rings. The van der Waals surface area contributed by atoms with Gasteiger partial charge in [0.15, 0.2) is 17.9 Å². The van der Waals surface area contributed by atoms with Crippen LogP contribution < -0.4 is 10.5 Å². The summed E-state index contributed by atoms with van der Waals surface area (Å²) in [6, 6.07) is 3.78. The molecule has 6 atom stereocenters. The van der Waals surface area contributed by atoms with Gasteiger partial charge >= 0.3 is 0 Å². The van der Waals surface area contributed by atoms with E-state index in [1.54, 1.807) is 6.92 Å². The van der Waals surface area contributed by atoms with Crippen LogP contribution in [0.15, 0.2) is 18.2 Å². The van der Waals surface area contributed by atoms with Crippen LogP contribution in [0.1, 0.15) is 68.8 Å². The van der Waals surface area contributed by atoms with Crippen LogP contribution >= 0.6 is 0 Å². The minimum atomic E-state index is -2.05. The summed E-state index contributed by atoms with van der Waals surface area (Å²) in [5.74, 6) is -3.04. The SMILES string of the molecule is COc1cccc2c1C(=O)c1c(O)c3c(c(O)c1C2=O)CC(O)(C(=O)CN1CCN(C)CC1)CC3OC1CC(N)C(O)C(C)O1. The first-order valence-electron chi connectivity index (χ1n) is 15.1. The second kappa shape index (κ2) is 11.7. The van der Waals surface area contributed by atoms with Crippen molar-refractivity contribution in [3.05, 3.63) is 51.6 Å². The molecule has 0 spiro atoms. The summed E-state index contributed by atoms with van der Waals surface area (Å²) in [5.41, 5.74) is 3.07. The maximum Gasteiger partial charge on any atom is 0.202 e. The van der Waals surface area contributed by atoms with E-state index in [-0.39, 0.29) is 47.4 Å². The molecule has 6 rings (SSSR count). The average Bonchev–Trinajstić information content (AvgIpc) is 3.00. The van der Waals surface area contributed by atoms with Gasteiger partial charge in [0.2, 0.25) is 5.78 Å². The molecule has 2 saturated heterocycles. The van der Waals surface area contributed by atoms with Crippen LogP contribution in [-0.4, -0.2) is 125 Å². The highest BCUT2D eigenvalue weighted by Gasteiger charge is 2.50. The summed E-state index contributed by atoms with van der Waals surface area (Å²) in [6.45, 7) is 4.34. The molecule has 2 heterocycles. The number of piperazine rings is 1. The van der Waals surface area contributed by atoms with Crippen molar-refractivity contribution in [3.63, 3.8) is 0 Å². The molecule has 2 aliphatic carbocycles. The first kappa shape index (κ1) is 31.5. The van der Waals surface area contributed by atoms with Gasteiger partial charge in [-0.3, -0.25) is 19.3 Å². The zero-order valence-electron chi connectivity index (χ0n) is 25.5. The minimum Gasteiger partial charge on any atom is -0.507 e. The first-order chi connectivity index (χ1) is 21.3. The van der Waals surface area contributed by atoms with Crippen molar-refractivity contribution in [2.75, 3.05) is 46.9 Å². The Kier molecular flexibility index (Phi) is 8.23. The van der Waals surface area contributed by atoms with Crippen molar-refractivity contribution >= 4 is 17.3 Å². The van der Waals surface area contributed by atoms with Gasteiger partial charge in [-0.25, -0.2) is 0 Å². The largest absolute Gasteiger partial charge is 0.507 e. The topological polar surface area (TPSA) is 192 Å². The molecule has 242 valence electrons. The Balaban J connectivity index is 1.44. The number of rotatable bonds is 6. The van der Waals surface area contributed by atoms with Gasteiger partial charge in [-0.15, -0.1) is 0 Å². The second-order valence-electron chi connectivity index (χ2n) is 12.6. The Labute approximate surface area is 260 Å². The van der Waals surface area contributed by atoms with E-state index in [1.165, 1.54) is 25.3 Å². The van der Waals surface area contributed by atoms with Crippen LogP contribution in [0.25, 0.3) is 0 Å². The number of carbonyl (C=O) groups is 3. The number of phenols is 2. The number of hydrogen-bond donors (Lipinski definition) is 5. The van der Waals surface area contributed by atoms with Gasteiger partial charge in [0.05, 0.1) is 48.7 Å². The Hall–Kier alpha value is -3.43. The van der Waals surface area contributed by atoms with Gasteiger partial charge in [0.25, 0.3) is 0 Å². The highest BCUT2D eigenvalue weighted by atomic mass is 16.7. The summed E-state index contributed by atoms with van der Waals surface area (Å²) >= 11 is 0. The third-order valence-corrected chi connectivity index (χ3v) is 9.62. The van der Waals surface area contributed by atoms with Crippen molar-refractivity contribution < 1.29 is 49.0 Å². The molecule has 0 aromatic heterocycles. The van der Waals surface area contributed by atoms with Gasteiger partial charge in [-0.05, 0) is 20.0 Å². The number of nitrogens with two attached hydrogens (primary N) is 1. The first-order valence-corrected chi connectivity index (χ1v) is 15.1. The van der Waals surface area contributed by atoms with Crippen LogP contribution in [0.2, 0.25) is 0 Å². The lowest BCUT2D eigenvalue weighted by atomic mass is 9.71. The predicted molar refractivity (Wildman–Crippen MR) is 159 cm³/mol. The van der Waals surface area contributed by atoms with Crippen LogP contribution in [0.3, 0.4) is 0 Å². The van der Waals surface area contributed by atoms with Crippen molar-refractivity contribution in [1.82, 2.24) is 9.80 Å². The average molecular weight is 626 g/mol. The number of nitrogens with zero attached hydrogens (tertiary/aromatic N) is 2. The van der Waals surface area contributed by atoms with Gasteiger partial charge in [-0.1, -0.05) is 12.1 Å². The molecule has 13 heteroatoms. The molecule has 13 nitrogen and oxygen atoms in total. The fraction of sp³-hybridized carbons (Fsp3) is 0.531. The Morgan fingerprint density at radius 1 is 1.09 bits per heavy atom. The van der Waals surface area contributed by atoms with Gasteiger partial charge in [0.1, 0.15) is 22.8 Å². The van der Waals surface area contributed by atoms with E-state index in [0.717, 1.165) is 13.1 Å².